The Kier molecular flexibility index (Phi) is 8.87. The lowest BCUT2D eigenvalue weighted by atomic mass is 9.72. The second kappa shape index (κ2) is 11.9. The van der Waals surface area contributed by atoms with E-state index in [0.717, 1.165) is 5.56 Å². The first-order valence-corrected chi connectivity index (χ1v) is 13.5. The first-order valence-electron chi connectivity index (χ1n) is 13.1. The fourth-order valence-electron chi connectivity index (χ4n) is 5.50. The molecule has 2 aliphatic rings. The molecule has 1 heterocycles. The third-order valence-electron chi connectivity index (χ3n) is 7.55. The van der Waals surface area contributed by atoms with E-state index < -0.39 is 79.3 Å². The monoisotopic (exact) mass is 597 g/mol. The molecule has 1 aliphatic carbocycles. The fraction of sp³-hybridized carbons (Fsp3) is 0.448. The zero-order valence-corrected chi connectivity index (χ0v) is 22.9. The number of nitrogens with zero attached hydrogens (tertiary/aromatic N) is 1. The predicted octanol–water partition coefficient (Wildman–Crippen LogP) is 5.55. The van der Waals surface area contributed by atoms with E-state index in [9.17, 15) is 36.3 Å². The largest absolute Gasteiger partial charge is 0.389 e. The molecule has 2 amide bonds. The minimum atomic E-state index is -4.66. The molecule has 2 aromatic carbocycles. The molecule has 0 radical (unpaired) electrons. The molecule has 0 saturated heterocycles. The number of hydrogen-bond donors (Lipinski definition) is 2. The Labute approximate surface area is 238 Å². The average Bonchev–Trinajstić information content (AvgIpc) is 2.98. The number of nitrogens with two attached hydrogens (primary N) is 1. The molecule has 3 atom stereocenters. The Morgan fingerprint density at radius 1 is 1.15 bits per heavy atom. The molecule has 0 aromatic heterocycles. The molecule has 1 saturated carbocycles. The summed E-state index contributed by atoms with van der Waals surface area (Å²) in [6, 6.07) is 12.2. The lowest BCUT2D eigenvalue weighted by Crippen LogP contribution is -2.48. The molecule has 6 nitrogen and oxygen atoms in total. The van der Waals surface area contributed by atoms with Crippen molar-refractivity contribution in [2.24, 2.45) is 28.5 Å². The van der Waals surface area contributed by atoms with Crippen molar-refractivity contribution in [3.63, 3.8) is 0 Å². The normalized spacial score (nSPS) is 20.2. The third kappa shape index (κ3) is 7.49. The van der Waals surface area contributed by atoms with E-state index in [-0.39, 0.29) is 12.8 Å². The minimum Gasteiger partial charge on any atom is -0.369 e. The maximum absolute atomic E-state index is 13.5. The van der Waals surface area contributed by atoms with E-state index in [1.165, 1.54) is 0 Å². The number of alkyl halides is 5. The Hall–Kier alpha value is -3.34. The quantitative estimate of drug-likeness (QED) is 0.371. The number of amides is 2. The van der Waals surface area contributed by atoms with Gasteiger partial charge >= 0.3 is 6.18 Å². The number of benzene rings is 2. The molecule has 1 fully saturated rings. The van der Waals surface area contributed by atoms with Gasteiger partial charge in [0.15, 0.2) is 11.9 Å². The van der Waals surface area contributed by atoms with Gasteiger partial charge < -0.3 is 11.1 Å². The molecule has 12 heteroatoms. The van der Waals surface area contributed by atoms with Crippen LogP contribution in [-0.2, 0) is 20.8 Å². The minimum absolute atomic E-state index is 0.220. The summed E-state index contributed by atoms with van der Waals surface area (Å²) in [6.07, 6.45) is -9.96. The topological polar surface area (TPSA) is 102 Å². The predicted molar refractivity (Wildman–Crippen MR) is 143 cm³/mol. The second-order valence-corrected chi connectivity index (χ2v) is 11.2. The van der Waals surface area contributed by atoms with Crippen molar-refractivity contribution in [3.8, 4) is 0 Å². The zero-order chi connectivity index (χ0) is 30.1. The number of ketones is 1. The van der Waals surface area contributed by atoms with Crippen LogP contribution in [0.5, 0.6) is 0 Å². The van der Waals surface area contributed by atoms with Gasteiger partial charge in [0, 0.05) is 53.7 Å². The Morgan fingerprint density at radius 3 is 2.44 bits per heavy atom. The highest BCUT2D eigenvalue weighted by atomic mass is 35.5. The van der Waals surface area contributed by atoms with Crippen LogP contribution in [0.25, 0.3) is 0 Å². The van der Waals surface area contributed by atoms with E-state index >= 15 is 0 Å². The second-order valence-electron chi connectivity index (χ2n) is 10.8. The van der Waals surface area contributed by atoms with Gasteiger partial charge in [0.05, 0.1) is 5.71 Å². The van der Waals surface area contributed by atoms with E-state index in [1.807, 2.05) is 19.1 Å². The highest BCUT2D eigenvalue weighted by Crippen LogP contribution is 2.46. The van der Waals surface area contributed by atoms with Gasteiger partial charge in [-0.3, -0.25) is 19.4 Å². The van der Waals surface area contributed by atoms with E-state index in [1.54, 1.807) is 30.3 Å². The van der Waals surface area contributed by atoms with Crippen molar-refractivity contribution >= 4 is 34.9 Å². The molecule has 4 rings (SSSR count). The van der Waals surface area contributed by atoms with E-state index in [2.05, 4.69) is 10.3 Å². The van der Waals surface area contributed by atoms with Gasteiger partial charge in [-0.25, -0.2) is 8.78 Å². The number of aryl methyl sites for hydroxylation is 1. The molecule has 0 spiro atoms. The molecule has 0 unspecified atom stereocenters. The van der Waals surface area contributed by atoms with Crippen LogP contribution in [0.15, 0.2) is 47.5 Å². The molecular formula is C29H29ClF5N3O3. The highest BCUT2D eigenvalue weighted by molar-refractivity contribution is 6.32. The first-order chi connectivity index (χ1) is 19.1. The number of carbonyl (C=O) groups excluding carboxylic acids is 3. The number of Topliss-reactive ketones (excluding diaryl/α,β-unsaturated/α-hetero) is 1. The highest BCUT2D eigenvalue weighted by Gasteiger charge is 2.48. The zero-order valence-electron chi connectivity index (χ0n) is 22.1. The SMILES string of the molecule is Cc1cccc(C2=N[C@H](NC(=O)[C@H](CCC(F)(F)F)[C@H](CC3CC(F)(F)C3)C(N)=O)C(=O)Cc3c(Cl)cccc32)c1. The van der Waals surface area contributed by atoms with Crippen LogP contribution in [0.2, 0.25) is 5.02 Å². The summed E-state index contributed by atoms with van der Waals surface area (Å²) in [7, 11) is 0. The van der Waals surface area contributed by atoms with Crippen LogP contribution in [-0.4, -0.2) is 41.6 Å². The molecule has 1 aliphatic heterocycles. The lowest BCUT2D eigenvalue weighted by molar-refractivity contribution is -0.149. The summed E-state index contributed by atoms with van der Waals surface area (Å²) < 4.78 is 66.4. The van der Waals surface area contributed by atoms with Crippen molar-refractivity contribution < 1.29 is 36.3 Å². The summed E-state index contributed by atoms with van der Waals surface area (Å²) in [6.45, 7) is 1.86. The number of halogens is 6. The number of rotatable bonds is 9. The van der Waals surface area contributed by atoms with Crippen molar-refractivity contribution in [1.29, 1.82) is 0 Å². The van der Waals surface area contributed by atoms with Crippen LogP contribution in [0.1, 0.15) is 54.4 Å². The molecular weight excluding hydrogens is 569 g/mol. The molecule has 3 N–H and O–H groups in total. The van der Waals surface area contributed by atoms with Crippen molar-refractivity contribution in [1.82, 2.24) is 5.32 Å². The summed E-state index contributed by atoms with van der Waals surface area (Å²) >= 11 is 6.41. The maximum Gasteiger partial charge on any atom is 0.389 e. The number of fused-ring (bicyclic) bond motifs is 1. The fourth-order valence-corrected chi connectivity index (χ4v) is 5.74. The Bertz CT molecular complexity index is 1370. The molecule has 2 aromatic rings. The standard InChI is InChI=1S/C29H29ClF5N3O3/c1-15-4-2-5-17(10-15)24-18-6-3-7-22(30)20(18)12-23(39)26(37-24)38-27(41)19(8-9-29(33,34)35)21(25(36)40)11-16-13-28(31,32)14-16/h2-7,10,16,19,21,26H,8-9,11-14H2,1H3,(H2,36,40)(H,38,41)/t19-,21+,26-/m1/s1. The van der Waals surface area contributed by atoms with Gasteiger partial charge in [-0.05, 0) is 43.4 Å². The average molecular weight is 598 g/mol. The van der Waals surface area contributed by atoms with Gasteiger partial charge in [-0.2, -0.15) is 13.2 Å². The van der Waals surface area contributed by atoms with Crippen molar-refractivity contribution in [3.05, 3.63) is 69.7 Å². The number of hydrogen-bond acceptors (Lipinski definition) is 4. The summed E-state index contributed by atoms with van der Waals surface area (Å²) in [5, 5.41) is 2.74. The molecule has 0 bridgehead atoms. The maximum atomic E-state index is 13.5. The summed E-state index contributed by atoms with van der Waals surface area (Å²) in [5.41, 5.74) is 8.38. The number of nitrogens with one attached hydrogen (secondary N) is 1. The van der Waals surface area contributed by atoms with E-state index in [0.29, 0.717) is 27.4 Å². The molecule has 41 heavy (non-hydrogen) atoms. The van der Waals surface area contributed by atoms with Crippen LogP contribution in [0, 0.1) is 24.7 Å². The Morgan fingerprint density at radius 2 is 1.83 bits per heavy atom. The summed E-state index contributed by atoms with van der Waals surface area (Å²) in [4.78, 5) is 43.7. The van der Waals surface area contributed by atoms with Crippen LogP contribution < -0.4 is 11.1 Å². The van der Waals surface area contributed by atoms with Gasteiger partial charge in [-0.1, -0.05) is 47.5 Å². The number of carbonyl (C=O) groups is 3. The molecule has 220 valence electrons. The number of aliphatic imine (C=N–C) groups is 1. The first kappa shape index (κ1) is 30.6. The van der Waals surface area contributed by atoms with Gasteiger partial charge in [0.2, 0.25) is 17.7 Å². The van der Waals surface area contributed by atoms with Crippen LogP contribution >= 0.6 is 11.6 Å². The number of primary amides is 1. The van der Waals surface area contributed by atoms with E-state index in [4.69, 9.17) is 17.3 Å². The van der Waals surface area contributed by atoms with Crippen LogP contribution in [0.4, 0.5) is 22.0 Å². The third-order valence-corrected chi connectivity index (χ3v) is 7.90. The summed E-state index contributed by atoms with van der Waals surface area (Å²) in [5.74, 6) is -9.33. The van der Waals surface area contributed by atoms with Gasteiger partial charge in [0.25, 0.3) is 0 Å². The van der Waals surface area contributed by atoms with Gasteiger partial charge in [0.1, 0.15) is 0 Å². The van der Waals surface area contributed by atoms with Crippen molar-refractivity contribution in [2.75, 3.05) is 0 Å². The smallest absolute Gasteiger partial charge is 0.369 e. The van der Waals surface area contributed by atoms with Gasteiger partial charge in [-0.15, -0.1) is 0 Å². The van der Waals surface area contributed by atoms with Crippen molar-refractivity contribution in [2.45, 2.75) is 63.7 Å². The Balaban J connectivity index is 1.68. The lowest BCUT2D eigenvalue weighted by Gasteiger charge is -2.38. The van der Waals surface area contributed by atoms with Crippen LogP contribution in [0.3, 0.4) is 0 Å².